The van der Waals surface area contributed by atoms with Crippen molar-refractivity contribution in [3.8, 4) is 5.75 Å². The molecule has 2 heterocycles. The minimum atomic E-state index is 0.149. The van der Waals surface area contributed by atoms with Crippen LogP contribution in [0.3, 0.4) is 0 Å². The van der Waals surface area contributed by atoms with E-state index < -0.39 is 0 Å². The summed E-state index contributed by atoms with van der Waals surface area (Å²) in [7, 11) is 0. The van der Waals surface area contributed by atoms with Crippen molar-refractivity contribution in [1.29, 1.82) is 0 Å². The zero-order chi connectivity index (χ0) is 16.8. The summed E-state index contributed by atoms with van der Waals surface area (Å²) in [5.74, 6) is 1.23. The predicted molar refractivity (Wildman–Crippen MR) is 91.9 cm³/mol. The summed E-state index contributed by atoms with van der Waals surface area (Å²) in [6.07, 6.45) is 6.05. The van der Waals surface area contributed by atoms with Crippen molar-refractivity contribution >= 4 is 5.91 Å². The van der Waals surface area contributed by atoms with Gasteiger partial charge in [0, 0.05) is 31.4 Å². The summed E-state index contributed by atoms with van der Waals surface area (Å²) in [4.78, 5) is 23.2. The van der Waals surface area contributed by atoms with Crippen LogP contribution in [0.25, 0.3) is 0 Å². The van der Waals surface area contributed by atoms with Crippen LogP contribution in [0, 0.1) is 6.92 Å². The average Bonchev–Trinajstić information content (AvgIpc) is 2.63. The van der Waals surface area contributed by atoms with Crippen LogP contribution in [0.1, 0.15) is 36.6 Å². The van der Waals surface area contributed by atoms with Crippen molar-refractivity contribution in [2.75, 3.05) is 19.7 Å². The second-order valence-electron chi connectivity index (χ2n) is 6.18. The summed E-state index contributed by atoms with van der Waals surface area (Å²) < 4.78 is 5.62. The molecule has 1 fully saturated rings. The van der Waals surface area contributed by atoms with E-state index in [9.17, 15) is 4.79 Å². The number of rotatable bonds is 5. The summed E-state index contributed by atoms with van der Waals surface area (Å²) in [5, 5.41) is 0. The molecule has 0 unspecified atom stereocenters. The largest absolute Gasteiger partial charge is 0.493 e. The first-order chi connectivity index (χ1) is 11.7. The van der Waals surface area contributed by atoms with Crippen LogP contribution in [0.2, 0.25) is 0 Å². The zero-order valence-electron chi connectivity index (χ0n) is 14.0. The van der Waals surface area contributed by atoms with Crippen molar-refractivity contribution < 1.29 is 9.53 Å². The maximum atomic E-state index is 12.4. The van der Waals surface area contributed by atoms with E-state index in [0.717, 1.165) is 43.1 Å². The van der Waals surface area contributed by atoms with E-state index >= 15 is 0 Å². The fourth-order valence-corrected chi connectivity index (χ4v) is 3.06. The van der Waals surface area contributed by atoms with Crippen LogP contribution < -0.4 is 4.74 Å². The number of hydrogen-bond donors (Lipinski definition) is 0. The Balaban J connectivity index is 1.51. The number of piperidine rings is 1. The molecule has 24 heavy (non-hydrogen) atoms. The molecular weight excluding hydrogens is 302 g/mol. The lowest BCUT2D eigenvalue weighted by Gasteiger charge is -2.32. The molecule has 0 aliphatic carbocycles. The lowest BCUT2D eigenvalue weighted by molar-refractivity contribution is -0.132. The summed E-state index contributed by atoms with van der Waals surface area (Å²) in [5.41, 5.74) is 1.92. The Morgan fingerprint density at radius 2 is 2.12 bits per heavy atom. The highest BCUT2D eigenvalue weighted by atomic mass is 16.5. The smallest absolute Gasteiger partial charge is 0.226 e. The maximum absolute atomic E-state index is 12.4. The van der Waals surface area contributed by atoms with Gasteiger partial charge < -0.3 is 9.64 Å². The predicted octanol–water partition coefficient (Wildman–Crippen LogP) is 2.96. The fourth-order valence-electron chi connectivity index (χ4n) is 3.06. The monoisotopic (exact) mass is 325 g/mol. The van der Waals surface area contributed by atoms with Crippen molar-refractivity contribution in [3.63, 3.8) is 0 Å². The molecule has 0 bridgehead atoms. The van der Waals surface area contributed by atoms with E-state index in [1.165, 1.54) is 0 Å². The first-order valence-corrected chi connectivity index (χ1v) is 8.46. The van der Waals surface area contributed by atoms with Gasteiger partial charge in [-0.25, -0.2) is 0 Å². The number of amides is 1. The molecule has 1 aromatic heterocycles. The molecule has 0 radical (unpaired) electrons. The number of carbonyl (C=O) groups is 1. The third kappa shape index (κ3) is 4.31. The number of benzene rings is 1. The van der Waals surface area contributed by atoms with E-state index in [1.807, 2.05) is 48.4 Å². The van der Waals surface area contributed by atoms with Gasteiger partial charge in [0.15, 0.2) is 0 Å². The van der Waals surface area contributed by atoms with Crippen molar-refractivity contribution in [1.82, 2.24) is 14.9 Å². The van der Waals surface area contributed by atoms with Crippen molar-refractivity contribution in [3.05, 3.63) is 54.1 Å². The third-order valence-corrected chi connectivity index (χ3v) is 4.29. The van der Waals surface area contributed by atoms with Crippen LogP contribution in [-0.4, -0.2) is 40.5 Å². The number of aromatic nitrogens is 2. The quantitative estimate of drug-likeness (QED) is 0.848. The van der Waals surface area contributed by atoms with Crippen molar-refractivity contribution in [2.45, 2.75) is 32.1 Å². The first-order valence-electron chi connectivity index (χ1n) is 8.46. The van der Waals surface area contributed by atoms with Crippen LogP contribution in [-0.2, 0) is 4.79 Å². The molecule has 126 valence electrons. The van der Waals surface area contributed by atoms with E-state index in [0.29, 0.717) is 13.0 Å². The second-order valence-corrected chi connectivity index (χ2v) is 6.18. The van der Waals surface area contributed by atoms with Gasteiger partial charge >= 0.3 is 0 Å². The first kappa shape index (κ1) is 16.4. The molecule has 0 spiro atoms. The lowest BCUT2D eigenvalue weighted by atomic mass is 9.94. The van der Waals surface area contributed by atoms with Gasteiger partial charge in [-0.1, -0.05) is 18.2 Å². The molecule has 1 atom stereocenters. The third-order valence-electron chi connectivity index (χ3n) is 4.29. The number of likely N-dealkylation sites (tertiary alicyclic amines) is 1. The van der Waals surface area contributed by atoms with E-state index in [4.69, 9.17) is 4.74 Å². The van der Waals surface area contributed by atoms with Crippen molar-refractivity contribution in [2.24, 2.45) is 0 Å². The maximum Gasteiger partial charge on any atom is 0.226 e. The molecule has 1 saturated heterocycles. The van der Waals surface area contributed by atoms with E-state index in [1.54, 1.807) is 6.20 Å². The minimum Gasteiger partial charge on any atom is -0.493 e. The molecule has 3 rings (SSSR count). The SMILES string of the molecule is Cc1cncc([C@H]2CCCN(C(=O)CCOc3ccccc3)C2)n1. The molecule has 0 N–H and O–H groups in total. The second kappa shape index (κ2) is 7.90. The Bertz CT molecular complexity index is 675. The molecule has 1 aromatic carbocycles. The van der Waals surface area contributed by atoms with E-state index in [2.05, 4.69) is 9.97 Å². The zero-order valence-corrected chi connectivity index (χ0v) is 14.0. The standard InChI is InChI=1S/C19H23N3O2/c1-15-12-20-13-18(21-15)16-6-5-10-22(14-16)19(23)9-11-24-17-7-3-2-4-8-17/h2-4,7-8,12-13,16H,5-6,9-11,14H2,1H3/t16-/m0/s1. The van der Waals surface area contributed by atoms with Crippen LogP contribution in [0.5, 0.6) is 5.75 Å². The molecule has 1 aliphatic heterocycles. The Morgan fingerprint density at radius 3 is 2.92 bits per heavy atom. The van der Waals surface area contributed by atoms with Gasteiger partial charge in [-0.3, -0.25) is 14.8 Å². The lowest BCUT2D eigenvalue weighted by Crippen LogP contribution is -2.39. The molecule has 0 saturated carbocycles. The van der Waals surface area contributed by atoms with Gasteiger partial charge in [0.25, 0.3) is 0 Å². The number of nitrogens with zero attached hydrogens (tertiary/aromatic N) is 3. The van der Waals surface area contributed by atoms with Crippen LogP contribution in [0.4, 0.5) is 0 Å². The topological polar surface area (TPSA) is 55.3 Å². The van der Waals surface area contributed by atoms with Gasteiger partial charge in [0.05, 0.1) is 24.4 Å². The number of hydrogen-bond acceptors (Lipinski definition) is 4. The van der Waals surface area contributed by atoms with Crippen LogP contribution in [0.15, 0.2) is 42.7 Å². The Morgan fingerprint density at radius 1 is 1.29 bits per heavy atom. The number of aryl methyl sites for hydroxylation is 1. The number of ether oxygens (including phenoxy) is 1. The van der Waals surface area contributed by atoms with Gasteiger partial charge in [0.2, 0.25) is 5.91 Å². The Labute approximate surface area is 142 Å². The summed E-state index contributed by atoms with van der Waals surface area (Å²) >= 11 is 0. The highest BCUT2D eigenvalue weighted by molar-refractivity contribution is 5.76. The molecule has 5 nitrogen and oxygen atoms in total. The highest BCUT2D eigenvalue weighted by Gasteiger charge is 2.25. The number of carbonyl (C=O) groups excluding carboxylic acids is 1. The molecule has 5 heteroatoms. The van der Waals surface area contributed by atoms with Crippen LogP contribution >= 0.6 is 0 Å². The minimum absolute atomic E-state index is 0.149. The van der Waals surface area contributed by atoms with Gasteiger partial charge in [-0.2, -0.15) is 0 Å². The normalized spacial score (nSPS) is 17.5. The van der Waals surface area contributed by atoms with Gasteiger partial charge in [0.1, 0.15) is 5.75 Å². The molecule has 1 amide bonds. The molecular formula is C19H23N3O2. The number of para-hydroxylation sites is 1. The Kier molecular flexibility index (Phi) is 5.41. The van der Waals surface area contributed by atoms with Gasteiger partial charge in [-0.05, 0) is 31.9 Å². The highest BCUT2D eigenvalue weighted by Crippen LogP contribution is 2.25. The Hall–Kier alpha value is -2.43. The summed E-state index contributed by atoms with van der Waals surface area (Å²) in [6.45, 7) is 3.90. The average molecular weight is 325 g/mol. The van der Waals surface area contributed by atoms with Gasteiger partial charge in [-0.15, -0.1) is 0 Å². The summed E-state index contributed by atoms with van der Waals surface area (Å²) in [6, 6.07) is 9.60. The van der Waals surface area contributed by atoms with E-state index in [-0.39, 0.29) is 11.8 Å². The molecule has 2 aromatic rings. The fraction of sp³-hybridized carbons (Fsp3) is 0.421. The molecule has 1 aliphatic rings.